The average Bonchev–Trinajstić information content (AvgIpc) is 3.07. The van der Waals surface area contributed by atoms with Crippen LogP contribution in [-0.2, 0) is 17.6 Å². The molecule has 0 radical (unpaired) electrons. The molecule has 108 valence electrons. The lowest BCUT2D eigenvalue weighted by atomic mass is 10.3. The number of carbonyl (C=O) groups is 1. The predicted octanol–water partition coefficient (Wildman–Crippen LogP) is 0.116. The van der Waals surface area contributed by atoms with E-state index in [1.54, 1.807) is 6.07 Å². The van der Waals surface area contributed by atoms with Gasteiger partial charge < -0.3 is 10.3 Å². The number of carbonyl (C=O) groups excluding carboxylic acids is 1. The number of hydrogen-bond donors (Lipinski definition) is 3. The van der Waals surface area contributed by atoms with Gasteiger partial charge in [-0.3, -0.25) is 4.79 Å². The summed E-state index contributed by atoms with van der Waals surface area (Å²) in [6.07, 6.45) is 0.593. The maximum Gasteiger partial charge on any atom is 0.227 e. The van der Waals surface area contributed by atoms with Crippen LogP contribution < -0.4 is 5.32 Å². The van der Waals surface area contributed by atoms with Crippen molar-refractivity contribution in [2.45, 2.75) is 12.8 Å². The second kappa shape index (κ2) is 5.65. The van der Waals surface area contributed by atoms with Crippen molar-refractivity contribution in [2.24, 2.45) is 0 Å². The fourth-order valence-corrected chi connectivity index (χ4v) is 1.94. The molecular weight excluding hydrogens is 277 g/mol. The Morgan fingerprint density at radius 2 is 2.29 bits per heavy atom. The second-order valence-electron chi connectivity index (χ2n) is 4.45. The van der Waals surface area contributed by atoms with E-state index in [0.29, 0.717) is 35.6 Å². The van der Waals surface area contributed by atoms with Crippen molar-refractivity contribution >= 4 is 16.9 Å². The summed E-state index contributed by atoms with van der Waals surface area (Å²) < 4.78 is 13.1. The van der Waals surface area contributed by atoms with E-state index in [1.165, 1.54) is 12.1 Å². The van der Waals surface area contributed by atoms with Crippen molar-refractivity contribution in [1.29, 1.82) is 0 Å². The van der Waals surface area contributed by atoms with Gasteiger partial charge in [-0.15, -0.1) is 10.2 Å². The topological polar surface area (TPSA) is 112 Å². The Balaban J connectivity index is 1.53. The van der Waals surface area contributed by atoms with E-state index in [0.717, 1.165) is 0 Å². The van der Waals surface area contributed by atoms with Gasteiger partial charge in [-0.05, 0) is 18.2 Å². The van der Waals surface area contributed by atoms with Crippen LogP contribution >= 0.6 is 0 Å². The van der Waals surface area contributed by atoms with Crippen molar-refractivity contribution in [3.05, 3.63) is 35.7 Å². The molecule has 1 aromatic carbocycles. The van der Waals surface area contributed by atoms with Crippen LogP contribution in [0.3, 0.4) is 0 Å². The van der Waals surface area contributed by atoms with Gasteiger partial charge in [0.05, 0.1) is 17.5 Å². The average molecular weight is 289 g/mol. The molecule has 0 saturated carbocycles. The monoisotopic (exact) mass is 289 g/mol. The first-order valence-corrected chi connectivity index (χ1v) is 6.34. The van der Waals surface area contributed by atoms with Gasteiger partial charge in [0.1, 0.15) is 11.6 Å². The van der Waals surface area contributed by atoms with Crippen molar-refractivity contribution in [3.8, 4) is 0 Å². The van der Waals surface area contributed by atoms with Crippen LogP contribution in [0, 0.1) is 5.82 Å². The molecule has 3 aromatic rings. The molecule has 3 N–H and O–H groups in total. The number of tetrazole rings is 1. The molecule has 0 unspecified atom stereocenters. The number of aromatic amines is 2. The lowest BCUT2D eigenvalue weighted by Crippen LogP contribution is -2.27. The number of nitrogens with one attached hydrogen (secondary N) is 3. The molecule has 3 rings (SSSR count). The van der Waals surface area contributed by atoms with Crippen LogP contribution in [-0.4, -0.2) is 43.0 Å². The van der Waals surface area contributed by atoms with Gasteiger partial charge in [-0.25, -0.2) is 9.37 Å². The molecule has 2 heterocycles. The van der Waals surface area contributed by atoms with E-state index in [9.17, 15) is 9.18 Å². The number of aromatic nitrogens is 6. The summed E-state index contributed by atoms with van der Waals surface area (Å²) in [6, 6.07) is 4.36. The van der Waals surface area contributed by atoms with Crippen molar-refractivity contribution in [1.82, 2.24) is 35.9 Å². The number of fused-ring (bicyclic) bond motifs is 1. The molecular formula is C12H12FN7O. The zero-order chi connectivity index (χ0) is 14.7. The predicted molar refractivity (Wildman–Crippen MR) is 70.6 cm³/mol. The first-order valence-electron chi connectivity index (χ1n) is 6.34. The van der Waals surface area contributed by atoms with Crippen LogP contribution in [0.1, 0.15) is 11.6 Å². The van der Waals surface area contributed by atoms with E-state index in [4.69, 9.17) is 0 Å². The summed E-state index contributed by atoms with van der Waals surface area (Å²) in [5.41, 5.74) is 1.34. The third kappa shape index (κ3) is 3.19. The zero-order valence-corrected chi connectivity index (χ0v) is 10.9. The van der Waals surface area contributed by atoms with E-state index >= 15 is 0 Å². The van der Waals surface area contributed by atoms with Gasteiger partial charge in [0.15, 0.2) is 5.82 Å². The number of amides is 1. The number of halogens is 1. The third-order valence-corrected chi connectivity index (χ3v) is 2.88. The Morgan fingerprint density at radius 3 is 3.10 bits per heavy atom. The molecule has 0 saturated heterocycles. The fourth-order valence-electron chi connectivity index (χ4n) is 1.94. The molecule has 2 aromatic heterocycles. The number of hydrogen-bond acceptors (Lipinski definition) is 5. The molecule has 0 atom stereocenters. The fraction of sp³-hybridized carbons (Fsp3) is 0.250. The molecule has 0 fully saturated rings. The highest BCUT2D eigenvalue weighted by atomic mass is 19.1. The van der Waals surface area contributed by atoms with E-state index in [1.807, 2.05) is 0 Å². The molecule has 9 heteroatoms. The van der Waals surface area contributed by atoms with E-state index < -0.39 is 0 Å². The van der Waals surface area contributed by atoms with Gasteiger partial charge in [-0.1, -0.05) is 5.21 Å². The van der Waals surface area contributed by atoms with Gasteiger partial charge in [0.2, 0.25) is 5.91 Å². The van der Waals surface area contributed by atoms with Gasteiger partial charge >= 0.3 is 0 Å². The number of benzene rings is 1. The van der Waals surface area contributed by atoms with E-state index in [-0.39, 0.29) is 18.1 Å². The van der Waals surface area contributed by atoms with Gasteiger partial charge in [-0.2, -0.15) is 5.21 Å². The molecule has 0 aliphatic rings. The minimum Gasteiger partial charge on any atom is -0.355 e. The van der Waals surface area contributed by atoms with E-state index in [2.05, 4.69) is 35.9 Å². The maximum atomic E-state index is 13.1. The summed E-state index contributed by atoms with van der Waals surface area (Å²) in [7, 11) is 0. The first-order chi connectivity index (χ1) is 10.2. The van der Waals surface area contributed by atoms with Crippen LogP contribution in [0.5, 0.6) is 0 Å². The van der Waals surface area contributed by atoms with Gasteiger partial charge in [0, 0.05) is 13.0 Å². The Morgan fingerprint density at radius 1 is 1.38 bits per heavy atom. The molecule has 8 nitrogen and oxygen atoms in total. The molecule has 21 heavy (non-hydrogen) atoms. The minimum absolute atomic E-state index is 0.0713. The van der Waals surface area contributed by atoms with Crippen molar-refractivity contribution in [3.63, 3.8) is 0 Å². The Bertz CT molecular complexity index is 752. The highest BCUT2D eigenvalue weighted by Crippen LogP contribution is 2.12. The highest BCUT2D eigenvalue weighted by Gasteiger charge is 2.08. The summed E-state index contributed by atoms with van der Waals surface area (Å²) in [5.74, 6) is 0.520. The molecule has 0 bridgehead atoms. The molecule has 0 aliphatic heterocycles. The Kier molecular flexibility index (Phi) is 3.54. The number of rotatable bonds is 5. The molecule has 0 aliphatic carbocycles. The standard InChI is InChI=1S/C12H12FN7O/c13-7-1-2-8-9(5-7)16-10(15-8)3-4-14-12(21)6-11-17-19-20-18-11/h1-2,5H,3-4,6H2,(H,14,21)(H,15,16)(H,17,18,19,20). The first kappa shape index (κ1) is 13.2. The zero-order valence-electron chi connectivity index (χ0n) is 10.9. The molecule has 0 spiro atoms. The minimum atomic E-state index is -0.314. The second-order valence-corrected chi connectivity index (χ2v) is 4.45. The summed E-state index contributed by atoms with van der Waals surface area (Å²) in [4.78, 5) is 18.9. The summed E-state index contributed by atoms with van der Waals surface area (Å²) >= 11 is 0. The lowest BCUT2D eigenvalue weighted by Gasteiger charge is -2.01. The Hall–Kier alpha value is -2.84. The van der Waals surface area contributed by atoms with Crippen LogP contribution in [0.2, 0.25) is 0 Å². The number of H-pyrrole nitrogens is 2. The normalized spacial score (nSPS) is 10.9. The quantitative estimate of drug-likeness (QED) is 0.617. The number of nitrogens with zero attached hydrogens (tertiary/aromatic N) is 4. The third-order valence-electron chi connectivity index (χ3n) is 2.88. The smallest absolute Gasteiger partial charge is 0.227 e. The van der Waals surface area contributed by atoms with Crippen molar-refractivity contribution in [2.75, 3.05) is 6.54 Å². The Labute approximate surface area is 118 Å². The largest absolute Gasteiger partial charge is 0.355 e. The lowest BCUT2D eigenvalue weighted by molar-refractivity contribution is -0.120. The highest BCUT2D eigenvalue weighted by molar-refractivity contribution is 5.77. The van der Waals surface area contributed by atoms with Gasteiger partial charge in [0.25, 0.3) is 0 Å². The maximum absolute atomic E-state index is 13.1. The van der Waals surface area contributed by atoms with Crippen LogP contribution in [0.15, 0.2) is 18.2 Å². The van der Waals surface area contributed by atoms with Crippen LogP contribution in [0.25, 0.3) is 11.0 Å². The molecule has 1 amide bonds. The SMILES string of the molecule is O=C(Cc1nn[nH]n1)NCCc1nc2ccc(F)cc2[nH]1. The number of imidazole rings is 1. The summed E-state index contributed by atoms with van der Waals surface area (Å²) in [5, 5.41) is 15.8. The van der Waals surface area contributed by atoms with Crippen LogP contribution in [0.4, 0.5) is 4.39 Å². The van der Waals surface area contributed by atoms with Crippen molar-refractivity contribution < 1.29 is 9.18 Å². The summed E-state index contributed by atoms with van der Waals surface area (Å²) in [6.45, 7) is 0.416.